The summed E-state index contributed by atoms with van der Waals surface area (Å²) >= 11 is 0. The third kappa shape index (κ3) is 7.30. The lowest BCUT2D eigenvalue weighted by atomic mass is 10.1. The third-order valence-corrected chi connectivity index (χ3v) is 2.51. The van der Waals surface area contributed by atoms with E-state index in [2.05, 4.69) is 6.92 Å². The van der Waals surface area contributed by atoms with E-state index in [0.717, 1.165) is 12.4 Å². The molecule has 1 aromatic carbocycles. The summed E-state index contributed by atoms with van der Waals surface area (Å²) in [4.78, 5) is 0. The second-order valence-corrected chi connectivity index (χ2v) is 3.93. The summed E-state index contributed by atoms with van der Waals surface area (Å²) in [5.41, 5.74) is 0. The van der Waals surface area contributed by atoms with Crippen molar-refractivity contribution in [2.24, 2.45) is 0 Å². The highest BCUT2D eigenvalue weighted by Gasteiger charge is 1.92. The number of unbranched alkanes of at least 4 members (excludes halogenated alkanes) is 5. The summed E-state index contributed by atoms with van der Waals surface area (Å²) in [6.07, 6.45) is 7.90. The Morgan fingerprint density at radius 1 is 0.875 bits per heavy atom. The van der Waals surface area contributed by atoms with Crippen molar-refractivity contribution in [1.82, 2.24) is 0 Å². The summed E-state index contributed by atoms with van der Waals surface area (Å²) in [5.74, 6) is 0.992. The molecule has 92 valence electrons. The third-order valence-electron chi connectivity index (χ3n) is 2.51. The lowest BCUT2D eigenvalue weighted by Crippen LogP contribution is -1.96. The standard InChI is InChI=1S/C14H22O.H2O/c1-2-3-4-5-6-10-13-15-14-11-8-7-9-12-14;/h7-9,11-12H,2-6,10,13H2,1H3;1H2. The van der Waals surface area contributed by atoms with E-state index in [-0.39, 0.29) is 5.48 Å². The fraction of sp³-hybridized carbons (Fsp3) is 0.571. The molecule has 0 aliphatic heterocycles. The van der Waals surface area contributed by atoms with Crippen molar-refractivity contribution in [1.29, 1.82) is 0 Å². The van der Waals surface area contributed by atoms with E-state index in [9.17, 15) is 0 Å². The van der Waals surface area contributed by atoms with E-state index in [4.69, 9.17) is 4.74 Å². The van der Waals surface area contributed by atoms with E-state index in [1.165, 1.54) is 38.5 Å². The second-order valence-electron chi connectivity index (χ2n) is 3.93. The maximum absolute atomic E-state index is 5.61. The van der Waals surface area contributed by atoms with Gasteiger partial charge < -0.3 is 10.2 Å². The molecule has 16 heavy (non-hydrogen) atoms. The van der Waals surface area contributed by atoms with Crippen molar-refractivity contribution < 1.29 is 10.2 Å². The van der Waals surface area contributed by atoms with Crippen molar-refractivity contribution in [3.05, 3.63) is 30.3 Å². The fourth-order valence-electron chi connectivity index (χ4n) is 1.59. The van der Waals surface area contributed by atoms with Gasteiger partial charge in [0.1, 0.15) is 5.75 Å². The van der Waals surface area contributed by atoms with E-state index in [0.29, 0.717) is 0 Å². The number of ether oxygens (including phenoxy) is 1. The van der Waals surface area contributed by atoms with Crippen LogP contribution in [0, 0.1) is 0 Å². The second kappa shape index (κ2) is 10.5. The van der Waals surface area contributed by atoms with Crippen LogP contribution >= 0.6 is 0 Å². The maximum atomic E-state index is 5.61. The van der Waals surface area contributed by atoms with Gasteiger partial charge in [-0.05, 0) is 18.6 Å². The van der Waals surface area contributed by atoms with E-state index in [1.54, 1.807) is 0 Å². The highest BCUT2D eigenvalue weighted by atomic mass is 16.5. The highest BCUT2D eigenvalue weighted by molar-refractivity contribution is 5.20. The minimum absolute atomic E-state index is 0. The van der Waals surface area contributed by atoms with Gasteiger partial charge in [-0.2, -0.15) is 0 Å². The molecule has 0 bridgehead atoms. The molecule has 0 radical (unpaired) electrons. The number of benzene rings is 1. The number of hydrogen-bond donors (Lipinski definition) is 0. The number of rotatable bonds is 8. The summed E-state index contributed by atoms with van der Waals surface area (Å²) < 4.78 is 5.61. The molecule has 0 saturated heterocycles. The minimum Gasteiger partial charge on any atom is -0.494 e. The Morgan fingerprint density at radius 3 is 2.19 bits per heavy atom. The summed E-state index contributed by atoms with van der Waals surface area (Å²) in [6.45, 7) is 3.11. The smallest absolute Gasteiger partial charge is 0.119 e. The first-order valence-corrected chi connectivity index (χ1v) is 6.11. The van der Waals surface area contributed by atoms with E-state index >= 15 is 0 Å². The molecular formula is C14H24O2. The van der Waals surface area contributed by atoms with Crippen LogP contribution in [-0.4, -0.2) is 12.1 Å². The summed E-state index contributed by atoms with van der Waals surface area (Å²) in [6, 6.07) is 10.1. The molecule has 1 aromatic rings. The molecule has 0 saturated carbocycles. The van der Waals surface area contributed by atoms with Crippen molar-refractivity contribution in [2.45, 2.75) is 45.4 Å². The zero-order valence-electron chi connectivity index (χ0n) is 10.2. The molecule has 2 nitrogen and oxygen atoms in total. The van der Waals surface area contributed by atoms with Gasteiger partial charge in [-0.3, -0.25) is 0 Å². The Morgan fingerprint density at radius 2 is 1.50 bits per heavy atom. The van der Waals surface area contributed by atoms with Gasteiger partial charge in [0, 0.05) is 0 Å². The van der Waals surface area contributed by atoms with Gasteiger partial charge >= 0.3 is 0 Å². The van der Waals surface area contributed by atoms with Gasteiger partial charge in [-0.15, -0.1) is 0 Å². The Kier molecular flexibility index (Phi) is 9.83. The molecule has 0 aliphatic rings. The van der Waals surface area contributed by atoms with E-state index in [1.807, 2.05) is 30.3 Å². The first kappa shape index (κ1) is 15.0. The first-order chi connectivity index (χ1) is 7.43. The Labute approximate surface area is 98.9 Å². The van der Waals surface area contributed by atoms with E-state index < -0.39 is 0 Å². The predicted molar refractivity (Wildman–Crippen MR) is 68.9 cm³/mol. The van der Waals surface area contributed by atoms with Gasteiger partial charge in [-0.1, -0.05) is 57.2 Å². The molecule has 0 fully saturated rings. The van der Waals surface area contributed by atoms with Crippen molar-refractivity contribution in [3.8, 4) is 5.75 Å². The molecule has 0 spiro atoms. The monoisotopic (exact) mass is 224 g/mol. The zero-order valence-corrected chi connectivity index (χ0v) is 10.2. The number of para-hydroxylation sites is 1. The van der Waals surface area contributed by atoms with Gasteiger partial charge in [0.25, 0.3) is 0 Å². The molecule has 0 heterocycles. The SMILES string of the molecule is CCCCCCCCOc1ccccc1.O. The topological polar surface area (TPSA) is 40.7 Å². The van der Waals surface area contributed by atoms with Gasteiger partial charge in [-0.25, -0.2) is 0 Å². The van der Waals surface area contributed by atoms with Crippen molar-refractivity contribution in [2.75, 3.05) is 6.61 Å². The summed E-state index contributed by atoms with van der Waals surface area (Å²) in [7, 11) is 0. The molecule has 1 rings (SSSR count). The van der Waals surface area contributed by atoms with Crippen molar-refractivity contribution in [3.63, 3.8) is 0 Å². The van der Waals surface area contributed by atoms with Gasteiger partial charge in [0.2, 0.25) is 0 Å². The van der Waals surface area contributed by atoms with Crippen LogP contribution in [0.25, 0.3) is 0 Å². The van der Waals surface area contributed by atoms with Crippen LogP contribution in [0.3, 0.4) is 0 Å². The minimum atomic E-state index is 0. The molecule has 2 heteroatoms. The van der Waals surface area contributed by atoms with Crippen LogP contribution in [0.5, 0.6) is 5.75 Å². The molecule has 2 N–H and O–H groups in total. The van der Waals surface area contributed by atoms with Gasteiger partial charge in [0.15, 0.2) is 0 Å². The molecular weight excluding hydrogens is 200 g/mol. The predicted octanol–water partition coefficient (Wildman–Crippen LogP) is 3.60. The largest absolute Gasteiger partial charge is 0.494 e. The Balaban J connectivity index is 0.00000225. The quantitative estimate of drug-likeness (QED) is 0.622. The molecule has 0 atom stereocenters. The molecule has 0 amide bonds. The first-order valence-electron chi connectivity index (χ1n) is 6.11. The van der Waals surface area contributed by atoms with Crippen LogP contribution in [0.1, 0.15) is 45.4 Å². The Hall–Kier alpha value is -1.02. The maximum Gasteiger partial charge on any atom is 0.119 e. The van der Waals surface area contributed by atoms with Crippen molar-refractivity contribution >= 4 is 0 Å². The lowest BCUT2D eigenvalue weighted by Gasteiger charge is -2.05. The molecule has 0 aliphatic carbocycles. The van der Waals surface area contributed by atoms with Crippen LogP contribution < -0.4 is 4.74 Å². The average Bonchev–Trinajstić information content (AvgIpc) is 2.29. The van der Waals surface area contributed by atoms with Crippen LogP contribution in [0.4, 0.5) is 0 Å². The van der Waals surface area contributed by atoms with Gasteiger partial charge in [0.05, 0.1) is 6.61 Å². The normalized spacial score (nSPS) is 9.56. The number of hydrogen-bond acceptors (Lipinski definition) is 1. The Bertz CT molecular complexity index is 234. The molecule has 0 aromatic heterocycles. The molecule has 0 unspecified atom stereocenters. The fourth-order valence-corrected chi connectivity index (χ4v) is 1.59. The zero-order chi connectivity index (χ0) is 10.8. The highest BCUT2D eigenvalue weighted by Crippen LogP contribution is 2.10. The van der Waals surface area contributed by atoms with Crippen LogP contribution in [-0.2, 0) is 0 Å². The van der Waals surface area contributed by atoms with Crippen LogP contribution in [0.2, 0.25) is 0 Å². The summed E-state index contributed by atoms with van der Waals surface area (Å²) in [5, 5.41) is 0. The van der Waals surface area contributed by atoms with Crippen LogP contribution in [0.15, 0.2) is 30.3 Å². The average molecular weight is 224 g/mol. The lowest BCUT2D eigenvalue weighted by molar-refractivity contribution is 0.304.